The molecule has 3 aromatic rings. The van der Waals surface area contributed by atoms with Crippen LogP contribution in [0.5, 0.6) is 5.75 Å². The Balaban J connectivity index is 1.12. The number of benzene rings is 3. The van der Waals surface area contributed by atoms with Gasteiger partial charge in [0.2, 0.25) is 11.6 Å². The number of hydrogen-bond acceptors (Lipinski definition) is 8. The van der Waals surface area contributed by atoms with Gasteiger partial charge in [0.15, 0.2) is 0 Å². The van der Waals surface area contributed by atoms with Crippen molar-refractivity contribution in [3.8, 4) is 11.8 Å². The van der Waals surface area contributed by atoms with Gasteiger partial charge in [-0.15, -0.1) is 0 Å². The second-order valence-corrected chi connectivity index (χ2v) is 11.9. The summed E-state index contributed by atoms with van der Waals surface area (Å²) in [6, 6.07) is 21.5. The van der Waals surface area contributed by atoms with Crippen molar-refractivity contribution in [1.29, 1.82) is 5.26 Å². The number of rotatable bonds is 8. The highest BCUT2D eigenvalue weighted by Gasteiger charge is 2.58. The van der Waals surface area contributed by atoms with Crippen LogP contribution < -0.4 is 15.0 Å². The summed E-state index contributed by atoms with van der Waals surface area (Å²) >= 11 is 0. The number of amides is 2. The maximum Gasteiger partial charge on any atom is 0.277 e. The van der Waals surface area contributed by atoms with Gasteiger partial charge < -0.3 is 15.0 Å². The van der Waals surface area contributed by atoms with Gasteiger partial charge in [0.1, 0.15) is 17.3 Å². The van der Waals surface area contributed by atoms with E-state index in [1.165, 1.54) is 17.0 Å². The van der Waals surface area contributed by atoms with E-state index in [-0.39, 0.29) is 37.0 Å². The van der Waals surface area contributed by atoms with Gasteiger partial charge in [0.05, 0.1) is 22.0 Å². The quantitative estimate of drug-likeness (QED) is 0.209. The average molecular weight is 617 g/mol. The largest absolute Gasteiger partial charge is 0.463 e. The number of nitro benzene ring substituents is 1. The topological polar surface area (TPSA) is 141 Å². The molecule has 0 radical (unpaired) electrons. The summed E-state index contributed by atoms with van der Waals surface area (Å²) in [5.74, 6) is 0.649. The molecule has 3 aliphatic heterocycles. The number of nitriles is 1. The second kappa shape index (κ2) is 11.6. The molecular weight excluding hydrogens is 584 g/mol. The summed E-state index contributed by atoms with van der Waals surface area (Å²) < 4.78 is 6.70. The Morgan fingerprint density at radius 1 is 1.13 bits per heavy atom. The maximum atomic E-state index is 13.1. The lowest BCUT2D eigenvalue weighted by Crippen LogP contribution is -2.60. The summed E-state index contributed by atoms with van der Waals surface area (Å²) in [5.41, 5.74) is 2.73. The third kappa shape index (κ3) is 5.17. The normalized spacial score (nSPS) is 19.8. The van der Waals surface area contributed by atoms with Crippen LogP contribution in [0.2, 0.25) is 0 Å². The van der Waals surface area contributed by atoms with Crippen molar-refractivity contribution in [1.82, 2.24) is 10.2 Å². The second-order valence-electron chi connectivity index (χ2n) is 11.9. The first kappa shape index (κ1) is 30.3. The van der Waals surface area contributed by atoms with Crippen LogP contribution in [-0.2, 0) is 15.0 Å². The minimum Gasteiger partial charge on any atom is -0.463 e. The molecule has 2 amide bonds. The van der Waals surface area contributed by atoms with Crippen molar-refractivity contribution in [3.63, 3.8) is 0 Å². The molecule has 1 N–H and O–H groups in total. The molecule has 46 heavy (non-hydrogen) atoms. The average Bonchev–Trinajstić information content (AvgIpc) is 3.41. The molecule has 6 rings (SSSR count). The Kier molecular flexibility index (Phi) is 7.65. The number of carbonyl (C=O) groups excluding carboxylic acids is 2. The molecule has 11 heteroatoms. The minimum absolute atomic E-state index is 0.0129. The van der Waals surface area contributed by atoms with Crippen molar-refractivity contribution in [2.75, 3.05) is 24.5 Å². The Bertz CT molecular complexity index is 1890. The monoisotopic (exact) mass is 616 g/mol. The van der Waals surface area contributed by atoms with Crippen molar-refractivity contribution >= 4 is 41.2 Å². The van der Waals surface area contributed by atoms with Crippen LogP contribution in [0.15, 0.2) is 83.5 Å². The van der Waals surface area contributed by atoms with E-state index in [1.54, 1.807) is 43.3 Å². The van der Waals surface area contributed by atoms with E-state index < -0.39 is 16.1 Å². The van der Waals surface area contributed by atoms with Gasteiger partial charge in [-0.1, -0.05) is 30.3 Å². The number of carbonyl (C=O) groups is 2. The Morgan fingerprint density at radius 2 is 1.89 bits per heavy atom. The maximum absolute atomic E-state index is 13.1. The Labute approximate surface area is 266 Å². The van der Waals surface area contributed by atoms with Gasteiger partial charge in [-0.2, -0.15) is 5.26 Å². The zero-order valence-electron chi connectivity index (χ0n) is 25.7. The molecule has 3 aromatic carbocycles. The number of nitrogens with one attached hydrogen (secondary N) is 1. The van der Waals surface area contributed by atoms with E-state index in [4.69, 9.17) is 10.00 Å². The van der Waals surface area contributed by atoms with Gasteiger partial charge in [0, 0.05) is 49.4 Å². The molecule has 0 aromatic heterocycles. The van der Waals surface area contributed by atoms with Gasteiger partial charge in [-0.3, -0.25) is 24.6 Å². The first-order chi connectivity index (χ1) is 22.0. The summed E-state index contributed by atoms with van der Waals surface area (Å²) in [6.45, 7) is 6.79. The number of para-hydroxylation sites is 1. The van der Waals surface area contributed by atoms with Crippen LogP contribution in [0.1, 0.15) is 49.4 Å². The fraction of sp³-hybridized carbons (Fsp3) is 0.257. The van der Waals surface area contributed by atoms with Crippen LogP contribution in [0.25, 0.3) is 12.2 Å². The van der Waals surface area contributed by atoms with Gasteiger partial charge in [0.25, 0.3) is 11.6 Å². The lowest BCUT2D eigenvalue weighted by Gasteiger charge is -2.47. The van der Waals surface area contributed by atoms with Crippen molar-refractivity contribution in [2.45, 2.75) is 38.3 Å². The molecule has 1 atom stereocenters. The SMILES string of the molecule is CC1=N/C(=C\c2ccc(C#N)cc2)C(=O)N1CCNC(=O)CCN1c2ccccc2C(C)(C)C12C=Cc1cc([N+](=O)[O-])ccc1O2. The lowest BCUT2D eigenvalue weighted by atomic mass is 9.76. The van der Waals surface area contributed by atoms with E-state index >= 15 is 0 Å². The highest BCUT2D eigenvalue weighted by atomic mass is 16.6. The van der Waals surface area contributed by atoms with E-state index in [9.17, 15) is 19.7 Å². The van der Waals surface area contributed by atoms with Crippen LogP contribution in [0.4, 0.5) is 11.4 Å². The predicted molar refractivity (Wildman–Crippen MR) is 174 cm³/mol. The van der Waals surface area contributed by atoms with Crippen molar-refractivity contribution < 1.29 is 19.2 Å². The van der Waals surface area contributed by atoms with Crippen LogP contribution >= 0.6 is 0 Å². The molecule has 1 spiro atoms. The number of fused-ring (bicyclic) bond motifs is 2. The molecule has 232 valence electrons. The van der Waals surface area contributed by atoms with E-state index in [0.717, 1.165) is 16.8 Å². The predicted octanol–water partition coefficient (Wildman–Crippen LogP) is 5.17. The smallest absolute Gasteiger partial charge is 0.277 e. The van der Waals surface area contributed by atoms with Gasteiger partial charge in [-0.05, 0) is 74.4 Å². The van der Waals surface area contributed by atoms with Crippen LogP contribution in [0.3, 0.4) is 0 Å². The standard InChI is InChI=1S/C35H32N6O5/c1-23-38-29(20-24-8-10-25(22-36)11-9-24)33(43)39(23)19-17-37-32(42)15-18-40-30-7-5-4-6-28(30)34(2,3)35(40)16-14-26-21-27(41(44)45)12-13-31(26)46-35/h4-14,16,20-21H,15,17-19H2,1-3H3,(H,37,42)/b29-20-. The molecule has 3 heterocycles. The van der Waals surface area contributed by atoms with Gasteiger partial charge in [-0.25, -0.2) is 4.99 Å². The van der Waals surface area contributed by atoms with Crippen LogP contribution in [0, 0.1) is 21.4 Å². The third-order valence-electron chi connectivity index (χ3n) is 8.82. The molecule has 3 aliphatic rings. The summed E-state index contributed by atoms with van der Waals surface area (Å²) in [6.07, 6.45) is 5.63. The first-order valence-electron chi connectivity index (χ1n) is 14.9. The third-order valence-corrected chi connectivity index (χ3v) is 8.82. The number of aliphatic imine (C=N–C) groups is 1. The van der Waals surface area contributed by atoms with E-state index in [1.807, 2.05) is 30.4 Å². The molecule has 11 nitrogen and oxygen atoms in total. The minimum atomic E-state index is -0.965. The van der Waals surface area contributed by atoms with E-state index in [0.29, 0.717) is 35.0 Å². The van der Waals surface area contributed by atoms with E-state index in [2.05, 4.69) is 41.2 Å². The summed E-state index contributed by atoms with van der Waals surface area (Å²) in [7, 11) is 0. The molecular formula is C35H32N6O5. The summed E-state index contributed by atoms with van der Waals surface area (Å²) in [5, 5.41) is 23.3. The number of ether oxygens (including phenoxy) is 1. The van der Waals surface area contributed by atoms with Crippen molar-refractivity contribution in [2.24, 2.45) is 4.99 Å². The molecule has 1 unspecified atom stereocenters. The number of anilines is 1. The number of nitrogens with zero attached hydrogens (tertiary/aromatic N) is 5. The number of nitro groups is 1. The summed E-state index contributed by atoms with van der Waals surface area (Å²) in [4.78, 5) is 45.1. The molecule has 0 fully saturated rings. The lowest BCUT2D eigenvalue weighted by molar-refractivity contribution is -0.384. The van der Waals surface area contributed by atoms with Gasteiger partial charge >= 0.3 is 0 Å². The number of non-ortho nitro benzene ring substituents is 1. The molecule has 0 saturated carbocycles. The first-order valence-corrected chi connectivity index (χ1v) is 14.9. The number of amidine groups is 1. The van der Waals surface area contributed by atoms with Crippen molar-refractivity contribution in [3.05, 3.63) is 111 Å². The molecule has 0 bridgehead atoms. The zero-order chi connectivity index (χ0) is 32.6. The zero-order valence-corrected chi connectivity index (χ0v) is 25.7. The van der Waals surface area contributed by atoms with Crippen LogP contribution in [-0.4, -0.2) is 52.8 Å². The molecule has 0 saturated heterocycles. The fourth-order valence-corrected chi connectivity index (χ4v) is 6.34. The fourth-order valence-electron chi connectivity index (χ4n) is 6.34. The Hall–Kier alpha value is -5.76. The highest BCUT2D eigenvalue weighted by Crippen LogP contribution is 2.55. The molecule has 0 aliphatic carbocycles. The highest BCUT2D eigenvalue weighted by molar-refractivity contribution is 6.13. The number of hydrogen-bond donors (Lipinski definition) is 1. The Morgan fingerprint density at radius 3 is 2.63 bits per heavy atom.